The van der Waals surface area contributed by atoms with Crippen LogP contribution in [-0.2, 0) is 34.0 Å². The van der Waals surface area contributed by atoms with E-state index in [0.717, 1.165) is 0 Å². The highest BCUT2D eigenvalue weighted by molar-refractivity contribution is 7.86. The van der Waals surface area contributed by atoms with E-state index in [2.05, 4.69) is 5.32 Å². The first-order valence-electron chi connectivity index (χ1n) is 14.8. The number of amides is 1. The molecule has 2 N–H and O–H groups in total. The van der Waals surface area contributed by atoms with Gasteiger partial charge in [0.1, 0.15) is 16.8 Å². The Kier molecular flexibility index (Phi) is 11.9. The van der Waals surface area contributed by atoms with Crippen molar-refractivity contribution in [3.05, 3.63) is 36.4 Å². The lowest BCUT2D eigenvalue weighted by Crippen LogP contribution is -2.51. The molecule has 0 fully saturated rings. The number of hydrogen-bond donors (Lipinski definition) is 2. The second-order valence-electron chi connectivity index (χ2n) is 13.5. The van der Waals surface area contributed by atoms with Crippen LogP contribution >= 0.6 is 0 Å². The Hall–Kier alpha value is -2.66. The summed E-state index contributed by atoms with van der Waals surface area (Å²) in [5.74, 6) is -1.15. The maximum Gasteiger partial charge on any atom is 0.295 e. The SMILES string of the molecule is CC(C)OC(C)C(=O)C(C)(C)C(C)(C)OCCC(CCC(=O)C(C)(C)C)C(=O)Nc1cccc2cccc(S(=O)(=O)O)c12. The van der Waals surface area contributed by atoms with Gasteiger partial charge in [0.15, 0.2) is 5.78 Å². The Morgan fingerprint density at radius 3 is 2.02 bits per heavy atom. The van der Waals surface area contributed by atoms with Gasteiger partial charge in [-0.25, -0.2) is 0 Å². The van der Waals surface area contributed by atoms with Crippen molar-refractivity contribution in [2.75, 3.05) is 11.9 Å². The number of anilines is 1. The molecule has 2 aromatic carbocycles. The molecule has 0 saturated heterocycles. The van der Waals surface area contributed by atoms with Crippen LogP contribution in [0.4, 0.5) is 5.69 Å². The number of hydrogen-bond acceptors (Lipinski definition) is 7. The summed E-state index contributed by atoms with van der Waals surface area (Å²) in [6.45, 7) is 18.4. The maximum atomic E-state index is 13.7. The van der Waals surface area contributed by atoms with Crippen LogP contribution in [0.1, 0.15) is 88.5 Å². The molecule has 43 heavy (non-hydrogen) atoms. The van der Waals surface area contributed by atoms with E-state index in [1.807, 2.05) is 62.3 Å². The third kappa shape index (κ3) is 9.41. The lowest BCUT2D eigenvalue weighted by molar-refractivity contribution is -0.162. The van der Waals surface area contributed by atoms with E-state index in [0.29, 0.717) is 5.39 Å². The molecule has 2 aromatic rings. The van der Waals surface area contributed by atoms with Crippen molar-refractivity contribution >= 4 is 44.1 Å². The van der Waals surface area contributed by atoms with E-state index >= 15 is 0 Å². The highest BCUT2D eigenvalue weighted by Crippen LogP contribution is 2.37. The second kappa shape index (κ2) is 14.0. The fourth-order valence-electron chi connectivity index (χ4n) is 4.86. The molecule has 0 heterocycles. The van der Waals surface area contributed by atoms with Crippen LogP contribution in [-0.4, -0.2) is 54.9 Å². The number of fused-ring (bicyclic) bond motifs is 1. The lowest BCUT2D eigenvalue weighted by atomic mass is 9.72. The molecule has 0 spiro atoms. The summed E-state index contributed by atoms with van der Waals surface area (Å²) in [7, 11) is -4.56. The average Bonchev–Trinajstić information content (AvgIpc) is 2.87. The Morgan fingerprint density at radius 1 is 0.907 bits per heavy atom. The molecule has 2 rings (SSSR count). The third-order valence-corrected chi connectivity index (χ3v) is 9.12. The van der Waals surface area contributed by atoms with Crippen LogP contribution in [0.15, 0.2) is 41.3 Å². The van der Waals surface area contributed by atoms with Crippen molar-refractivity contribution in [3.63, 3.8) is 0 Å². The standard InChI is InChI=1S/C33H49NO8S/c1-21(2)42-22(3)29(36)32(7,8)33(9,10)41-20-19-24(17-18-27(35)31(4,5)6)30(37)34-25-15-11-13-23-14-12-16-26(28(23)25)43(38,39)40/h11-16,21-22,24H,17-20H2,1-10H3,(H,34,37)(H,38,39,40). The fourth-order valence-corrected chi connectivity index (χ4v) is 5.60. The van der Waals surface area contributed by atoms with Gasteiger partial charge in [-0.05, 0) is 65.0 Å². The Balaban J connectivity index is 2.31. The molecule has 0 aliphatic heterocycles. The summed E-state index contributed by atoms with van der Waals surface area (Å²) in [5.41, 5.74) is -2.15. The normalized spacial score (nSPS) is 14.5. The van der Waals surface area contributed by atoms with Crippen molar-refractivity contribution in [1.29, 1.82) is 0 Å². The molecule has 0 aromatic heterocycles. The number of Topliss-reactive ketones (excluding diaryl/α,β-unsaturated/α-hetero) is 2. The summed E-state index contributed by atoms with van der Waals surface area (Å²) in [5, 5.41) is 3.56. The van der Waals surface area contributed by atoms with Gasteiger partial charge in [-0.2, -0.15) is 8.42 Å². The van der Waals surface area contributed by atoms with E-state index in [4.69, 9.17) is 9.47 Å². The molecule has 0 bridgehead atoms. The van der Waals surface area contributed by atoms with Gasteiger partial charge >= 0.3 is 0 Å². The summed E-state index contributed by atoms with van der Waals surface area (Å²) < 4.78 is 46.0. The van der Waals surface area contributed by atoms with Gasteiger partial charge in [-0.3, -0.25) is 18.9 Å². The molecule has 0 radical (unpaired) electrons. The maximum absolute atomic E-state index is 13.7. The number of carbonyl (C=O) groups is 3. The second-order valence-corrected chi connectivity index (χ2v) is 14.9. The molecule has 1 amide bonds. The number of nitrogens with one attached hydrogen (secondary N) is 1. The fraction of sp³-hybridized carbons (Fsp3) is 0.606. The van der Waals surface area contributed by atoms with Crippen molar-refractivity contribution in [2.45, 2.75) is 111 Å². The first kappa shape index (κ1) is 36.5. The zero-order valence-corrected chi connectivity index (χ0v) is 28.1. The van der Waals surface area contributed by atoms with Crippen LogP contribution in [0.3, 0.4) is 0 Å². The number of rotatable bonds is 15. The molecule has 0 aliphatic carbocycles. The highest BCUT2D eigenvalue weighted by Gasteiger charge is 2.46. The van der Waals surface area contributed by atoms with Crippen molar-refractivity contribution in [2.24, 2.45) is 16.7 Å². The van der Waals surface area contributed by atoms with Crippen molar-refractivity contribution < 1.29 is 36.8 Å². The number of ketones is 2. The Morgan fingerprint density at radius 2 is 1.49 bits per heavy atom. The molecule has 9 nitrogen and oxygen atoms in total. The predicted octanol–water partition coefficient (Wildman–Crippen LogP) is 6.63. The van der Waals surface area contributed by atoms with Gasteiger partial charge in [0.25, 0.3) is 10.1 Å². The Labute approximate surface area is 256 Å². The lowest BCUT2D eigenvalue weighted by Gasteiger charge is -2.41. The van der Waals surface area contributed by atoms with Crippen LogP contribution in [0.5, 0.6) is 0 Å². The number of carbonyl (C=O) groups excluding carboxylic acids is 3. The van der Waals surface area contributed by atoms with E-state index in [1.54, 1.807) is 31.2 Å². The molecule has 10 heteroatoms. The topological polar surface area (TPSA) is 136 Å². The molecular formula is C33H49NO8S. The zero-order valence-electron chi connectivity index (χ0n) is 27.2. The van der Waals surface area contributed by atoms with E-state index in [1.165, 1.54) is 12.1 Å². The van der Waals surface area contributed by atoms with Crippen LogP contribution < -0.4 is 5.32 Å². The van der Waals surface area contributed by atoms with Gasteiger partial charge in [0, 0.05) is 35.4 Å². The van der Waals surface area contributed by atoms with Gasteiger partial charge < -0.3 is 14.8 Å². The zero-order chi connectivity index (χ0) is 33.0. The minimum atomic E-state index is -4.56. The van der Waals surface area contributed by atoms with Crippen LogP contribution in [0, 0.1) is 16.7 Å². The first-order valence-corrected chi connectivity index (χ1v) is 16.2. The molecular weight excluding hydrogens is 570 g/mol. The van der Waals surface area contributed by atoms with Crippen molar-refractivity contribution in [1.82, 2.24) is 0 Å². The minimum Gasteiger partial charge on any atom is -0.375 e. The largest absolute Gasteiger partial charge is 0.375 e. The average molecular weight is 620 g/mol. The van der Waals surface area contributed by atoms with Crippen LogP contribution in [0.25, 0.3) is 10.8 Å². The van der Waals surface area contributed by atoms with Gasteiger partial charge in [-0.15, -0.1) is 0 Å². The van der Waals surface area contributed by atoms with E-state index < -0.39 is 44.5 Å². The quantitative estimate of drug-likeness (QED) is 0.212. The molecule has 0 aliphatic rings. The van der Waals surface area contributed by atoms with Gasteiger partial charge in [0.2, 0.25) is 5.91 Å². The van der Waals surface area contributed by atoms with Gasteiger partial charge in [-0.1, -0.05) is 58.9 Å². The molecule has 240 valence electrons. The van der Waals surface area contributed by atoms with Gasteiger partial charge in [0.05, 0.1) is 17.1 Å². The van der Waals surface area contributed by atoms with Crippen molar-refractivity contribution in [3.8, 4) is 0 Å². The summed E-state index contributed by atoms with van der Waals surface area (Å²) in [6, 6.07) is 9.41. The predicted molar refractivity (Wildman–Crippen MR) is 169 cm³/mol. The van der Waals surface area contributed by atoms with E-state index in [-0.39, 0.29) is 59.5 Å². The highest BCUT2D eigenvalue weighted by atomic mass is 32.2. The summed E-state index contributed by atoms with van der Waals surface area (Å²) >= 11 is 0. The first-order chi connectivity index (χ1) is 19.6. The summed E-state index contributed by atoms with van der Waals surface area (Å²) in [6.07, 6.45) is -0.0452. The minimum absolute atomic E-state index is 0.0104. The summed E-state index contributed by atoms with van der Waals surface area (Å²) in [4.78, 5) is 39.4. The monoisotopic (exact) mass is 619 g/mol. The molecule has 2 atom stereocenters. The Bertz CT molecular complexity index is 1410. The van der Waals surface area contributed by atoms with E-state index in [9.17, 15) is 27.4 Å². The molecule has 2 unspecified atom stereocenters. The molecule has 0 saturated carbocycles. The third-order valence-electron chi connectivity index (χ3n) is 8.23. The van der Waals surface area contributed by atoms with Crippen LogP contribution in [0.2, 0.25) is 0 Å². The number of ether oxygens (including phenoxy) is 2. The smallest absolute Gasteiger partial charge is 0.295 e. The number of benzene rings is 2.